The summed E-state index contributed by atoms with van der Waals surface area (Å²) in [6.45, 7) is 1.48. The van der Waals surface area contributed by atoms with Gasteiger partial charge in [-0.3, -0.25) is 14.6 Å². The highest BCUT2D eigenvalue weighted by molar-refractivity contribution is 5.70. The fourth-order valence-electron chi connectivity index (χ4n) is 2.42. The minimum Gasteiger partial charge on any atom is -0.506 e. The molecule has 0 atom stereocenters. The van der Waals surface area contributed by atoms with Crippen molar-refractivity contribution >= 4 is 11.9 Å². The lowest BCUT2D eigenvalue weighted by atomic mass is 10.1. The van der Waals surface area contributed by atoms with E-state index in [4.69, 9.17) is 22.3 Å². The molecular formula is C22H27NO5. The van der Waals surface area contributed by atoms with Crippen molar-refractivity contribution < 1.29 is 24.2 Å². The molecule has 0 radical (unpaired) electrons. The van der Waals surface area contributed by atoms with Crippen molar-refractivity contribution in [3.05, 3.63) is 23.0 Å². The number of unbranched alkanes of at least 4 members (excludes halogenated alkanes) is 4. The minimum atomic E-state index is -0.373. The Morgan fingerprint density at radius 1 is 1.00 bits per heavy atom. The SMILES string of the molecule is C#CCCCCC(=O)OCc1cnc(C)c(O)c1COC(=O)CCCCC#C. The first-order chi connectivity index (χ1) is 13.5. The van der Waals surface area contributed by atoms with Crippen molar-refractivity contribution in [2.24, 2.45) is 0 Å². The molecule has 6 nitrogen and oxygen atoms in total. The van der Waals surface area contributed by atoms with Gasteiger partial charge in [-0.25, -0.2) is 0 Å². The fourth-order valence-corrected chi connectivity index (χ4v) is 2.42. The topological polar surface area (TPSA) is 85.7 Å². The Morgan fingerprint density at radius 3 is 2.07 bits per heavy atom. The van der Waals surface area contributed by atoms with Crippen LogP contribution in [0, 0.1) is 31.6 Å². The predicted molar refractivity (Wildman–Crippen MR) is 105 cm³/mol. The number of rotatable bonds is 12. The number of pyridine rings is 1. The third-order valence-electron chi connectivity index (χ3n) is 4.10. The van der Waals surface area contributed by atoms with E-state index in [0.717, 1.165) is 12.8 Å². The molecule has 0 aromatic carbocycles. The van der Waals surface area contributed by atoms with Crippen LogP contribution in [0.25, 0.3) is 0 Å². The van der Waals surface area contributed by atoms with E-state index in [-0.39, 0.29) is 43.7 Å². The zero-order valence-corrected chi connectivity index (χ0v) is 16.3. The summed E-state index contributed by atoms with van der Waals surface area (Å²) in [5.41, 5.74) is 1.30. The number of aromatic hydroxyl groups is 1. The molecule has 1 rings (SSSR count). The second-order valence-corrected chi connectivity index (χ2v) is 6.34. The van der Waals surface area contributed by atoms with Crippen molar-refractivity contribution in [2.75, 3.05) is 0 Å². The average Bonchev–Trinajstić information content (AvgIpc) is 2.68. The summed E-state index contributed by atoms with van der Waals surface area (Å²) in [6, 6.07) is 0. The molecule has 0 fully saturated rings. The van der Waals surface area contributed by atoms with Crippen molar-refractivity contribution in [2.45, 2.75) is 71.5 Å². The average molecular weight is 385 g/mol. The van der Waals surface area contributed by atoms with E-state index in [0.29, 0.717) is 42.5 Å². The van der Waals surface area contributed by atoms with Crippen molar-refractivity contribution in [3.63, 3.8) is 0 Å². The summed E-state index contributed by atoms with van der Waals surface area (Å²) in [7, 11) is 0. The smallest absolute Gasteiger partial charge is 0.306 e. The second kappa shape index (κ2) is 13.2. The molecule has 150 valence electrons. The van der Waals surface area contributed by atoms with Gasteiger partial charge >= 0.3 is 11.9 Å². The number of nitrogens with zero attached hydrogens (tertiary/aromatic N) is 1. The monoisotopic (exact) mass is 385 g/mol. The number of esters is 2. The lowest BCUT2D eigenvalue weighted by Crippen LogP contribution is -2.10. The Kier molecular flexibility index (Phi) is 10.9. The molecule has 0 saturated carbocycles. The number of hydrogen-bond acceptors (Lipinski definition) is 6. The minimum absolute atomic E-state index is 0.0517. The summed E-state index contributed by atoms with van der Waals surface area (Å²) in [5, 5.41) is 10.3. The first-order valence-electron chi connectivity index (χ1n) is 9.34. The van der Waals surface area contributed by atoms with Crippen molar-refractivity contribution in [1.82, 2.24) is 4.98 Å². The molecule has 0 spiro atoms. The van der Waals surface area contributed by atoms with E-state index in [2.05, 4.69) is 16.8 Å². The Morgan fingerprint density at radius 2 is 1.54 bits per heavy atom. The van der Waals surface area contributed by atoms with Gasteiger partial charge in [-0.2, -0.15) is 0 Å². The molecule has 0 aliphatic carbocycles. The van der Waals surface area contributed by atoms with Crippen LogP contribution < -0.4 is 0 Å². The third kappa shape index (κ3) is 8.60. The molecular weight excluding hydrogens is 358 g/mol. The van der Waals surface area contributed by atoms with Gasteiger partial charge in [0.15, 0.2) is 0 Å². The summed E-state index contributed by atoms with van der Waals surface area (Å²) >= 11 is 0. The van der Waals surface area contributed by atoms with Gasteiger partial charge in [-0.1, -0.05) is 0 Å². The number of aromatic nitrogens is 1. The second-order valence-electron chi connectivity index (χ2n) is 6.34. The van der Waals surface area contributed by atoms with Gasteiger partial charge in [0, 0.05) is 43.0 Å². The molecule has 28 heavy (non-hydrogen) atoms. The van der Waals surface area contributed by atoms with E-state index in [9.17, 15) is 14.7 Å². The molecule has 1 aromatic heterocycles. The van der Waals surface area contributed by atoms with Crippen molar-refractivity contribution in [1.29, 1.82) is 0 Å². The molecule has 1 N–H and O–H groups in total. The highest BCUT2D eigenvalue weighted by atomic mass is 16.5. The molecule has 0 aliphatic rings. The molecule has 0 saturated heterocycles. The van der Waals surface area contributed by atoms with E-state index < -0.39 is 0 Å². The van der Waals surface area contributed by atoms with Crippen LogP contribution in [0.4, 0.5) is 0 Å². The molecule has 6 heteroatoms. The number of carbonyl (C=O) groups is 2. The zero-order valence-electron chi connectivity index (χ0n) is 16.3. The predicted octanol–water partition coefficient (Wildman–Crippen LogP) is 3.57. The van der Waals surface area contributed by atoms with E-state index >= 15 is 0 Å². The summed E-state index contributed by atoms with van der Waals surface area (Å²) in [6.07, 6.45) is 16.5. The Hall–Kier alpha value is -2.99. The lowest BCUT2D eigenvalue weighted by molar-refractivity contribution is -0.146. The van der Waals surface area contributed by atoms with Crippen LogP contribution in [-0.4, -0.2) is 22.0 Å². The van der Waals surface area contributed by atoms with Gasteiger partial charge in [0.1, 0.15) is 19.0 Å². The van der Waals surface area contributed by atoms with Gasteiger partial charge in [0.25, 0.3) is 0 Å². The van der Waals surface area contributed by atoms with Gasteiger partial charge in [-0.15, -0.1) is 24.7 Å². The molecule has 0 amide bonds. The van der Waals surface area contributed by atoms with Crippen LogP contribution in [0.1, 0.15) is 68.2 Å². The van der Waals surface area contributed by atoms with Crippen LogP contribution in [-0.2, 0) is 32.3 Å². The summed E-state index contributed by atoms with van der Waals surface area (Å²) in [5.74, 6) is 4.25. The zero-order chi connectivity index (χ0) is 20.8. The van der Waals surface area contributed by atoms with Gasteiger partial charge in [0.05, 0.1) is 5.69 Å². The van der Waals surface area contributed by atoms with Gasteiger partial charge < -0.3 is 14.6 Å². The number of terminal acetylenes is 2. The number of carbonyl (C=O) groups excluding carboxylic acids is 2. The molecule has 0 unspecified atom stereocenters. The molecule has 0 aliphatic heterocycles. The first-order valence-corrected chi connectivity index (χ1v) is 9.34. The molecule has 0 bridgehead atoms. The van der Waals surface area contributed by atoms with Crippen LogP contribution >= 0.6 is 0 Å². The molecule has 1 aromatic rings. The largest absolute Gasteiger partial charge is 0.506 e. The van der Waals surface area contributed by atoms with Crippen LogP contribution in [0.5, 0.6) is 5.75 Å². The van der Waals surface area contributed by atoms with E-state index in [1.807, 2.05) is 0 Å². The third-order valence-corrected chi connectivity index (χ3v) is 4.10. The van der Waals surface area contributed by atoms with E-state index in [1.165, 1.54) is 6.20 Å². The summed E-state index contributed by atoms with van der Waals surface area (Å²) in [4.78, 5) is 27.8. The number of hydrogen-bond donors (Lipinski definition) is 1. The lowest BCUT2D eigenvalue weighted by Gasteiger charge is -2.13. The quantitative estimate of drug-likeness (QED) is 0.336. The molecule has 1 heterocycles. The highest BCUT2D eigenvalue weighted by Gasteiger charge is 2.15. The first kappa shape index (κ1) is 23.0. The van der Waals surface area contributed by atoms with Gasteiger partial charge in [-0.05, 0) is 32.6 Å². The maximum absolute atomic E-state index is 11.9. The fraction of sp³-hybridized carbons (Fsp3) is 0.500. The van der Waals surface area contributed by atoms with Crippen LogP contribution in [0.2, 0.25) is 0 Å². The van der Waals surface area contributed by atoms with E-state index in [1.54, 1.807) is 6.92 Å². The van der Waals surface area contributed by atoms with Crippen LogP contribution in [0.15, 0.2) is 6.20 Å². The highest BCUT2D eigenvalue weighted by Crippen LogP contribution is 2.25. The maximum Gasteiger partial charge on any atom is 0.306 e. The number of ether oxygens (including phenoxy) is 2. The Labute approximate surface area is 166 Å². The maximum atomic E-state index is 11.9. The Bertz CT molecular complexity index is 743. The standard InChI is InChI=1S/C22H27NO5/c1-4-6-8-10-12-20(24)27-15-18-14-23-17(3)22(26)19(18)16-28-21(25)13-11-9-7-5-2/h1-2,14,26H,6-13,15-16H2,3H3. The number of aryl methyl sites for hydroxylation is 1. The normalized spacial score (nSPS) is 9.96. The van der Waals surface area contributed by atoms with Crippen LogP contribution in [0.3, 0.4) is 0 Å². The van der Waals surface area contributed by atoms with Crippen molar-refractivity contribution in [3.8, 4) is 30.4 Å². The Balaban J connectivity index is 2.59. The summed E-state index contributed by atoms with van der Waals surface area (Å²) < 4.78 is 10.5. The van der Waals surface area contributed by atoms with Gasteiger partial charge in [0.2, 0.25) is 0 Å².